The first-order valence-corrected chi connectivity index (χ1v) is 11.9. The molecule has 2 amide bonds. The van der Waals surface area contributed by atoms with Crippen LogP contribution in [-0.2, 0) is 9.53 Å². The van der Waals surface area contributed by atoms with Crippen LogP contribution in [0.25, 0.3) is 0 Å². The van der Waals surface area contributed by atoms with Crippen molar-refractivity contribution < 1.29 is 18.7 Å². The van der Waals surface area contributed by atoms with Crippen molar-refractivity contribution in [2.75, 3.05) is 29.1 Å². The molecule has 30 heavy (non-hydrogen) atoms. The van der Waals surface area contributed by atoms with E-state index in [0.717, 1.165) is 29.9 Å². The Kier molecular flexibility index (Phi) is 8.09. The molecule has 0 aliphatic heterocycles. The summed E-state index contributed by atoms with van der Waals surface area (Å²) in [4.78, 5) is 30.3. The predicted molar refractivity (Wildman–Crippen MR) is 119 cm³/mol. The van der Waals surface area contributed by atoms with Crippen molar-refractivity contribution >= 4 is 45.9 Å². The van der Waals surface area contributed by atoms with E-state index >= 15 is 0 Å². The Bertz CT molecular complexity index is 884. The largest absolute Gasteiger partial charge is 0.465 e. The molecule has 0 spiro atoms. The number of hydrogen-bond donors (Lipinski definition) is 1. The Labute approximate surface area is 184 Å². The van der Waals surface area contributed by atoms with E-state index in [9.17, 15) is 14.0 Å². The summed E-state index contributed by atoms with van der Waals surface area (Å²) >= 11 is 2.58. The van der Waals surface area contributed by atoms with Gasteiger partial charge in [-0.15, -0.1) is 11.8 Å². The number of thiazole rings is 1. The Balaban J connectivity index is 1.70. The van der Waals surface area contributed by atoms with Crippen LogP contribution in [0.2, 0.25) is 0 Å². The quantitative estimate of drug-likeness (QED) is 0.425. The third-order valence-corrected chi connectivity index (χ3v) is 7.04. The van der Waals surface area contributed by atoms with E-state index in [1.807, 2.05) is 0 Å². The van der Waals surface area contributed by atoms with Gasteiger partial charge in [0.25, 0.3) is 0 Å². The van der Waals surface area contributed by atoms with Gasteiger partial charge in [0, 0.05) is 6.54 Å². The minimum Gasteiger partial charge on any atom is -0.465 e. The van der Waals surface area contributed by atoms with Crippen LogP contribution in [0.1, 0.15) is 38.2 Å². The number of hydrogen-bond acceptors (Lipinski definition) is 6. The van der Waals surface area contributed by atoms with Crippen LogP contribution in [0, 0.1) is 18.7 Å². The second-order valence-corrected chi connectivity index (χ2v) is 9.48. The second kappa shape index (κ2) is 10.8. The van der Waals surface area contributed by atoms with Crippen LogP contribution < -0.4 is 10.2 Å². The van der Waals surface area contributed by atoms with Crippen LogP contribution in [0.4, 0.5) is 20.0 Å². The lowest BCUT2D eigenvalue weighted by Crippen LogP contribution is -2.39. The van der Waals surface area contributed by atoms with Gasteiger partial charge in [-0.05, 0) is 44.2 Å². The maximum atomic E-state index is 14.8. The van der Waals surface area contributed by atoms with Crippen molar-refractivity contribution in [3.63, 3.8) is 0 Å². The number of ether oxygens (including phenoxy) is 1. The summed E-state index contributed by atoms with van der Waals surface area (Å²) in [5.74, 6) is -0.122. The van der Waals surface area contributed by atoms with Gasteiger partial charge in [-0.3, -0.25) is 15.0 Å². The number of esters is 1. The highest BCUT2D eigenvalue weighted by Gasteiger charge is 2.26. The molecular formula is C21H26FN3O3S2. The van der Waals surface area contributed by atoms with E-state index < -0.39 is 6.03 Å². The van der Waals surface area contributed by atoms with Crippen LogP contribution in [0.3, 0.4) is 0 Å². The number of aromatic nitrogens is 1. The summed E-state index contributed by atoms with van der Waals surface area (Å²) in [6.45, 7) is 4.27. The number of nitrogens with zero attached hydrogens (tertiary/aromatic N) is 2. The van der Waals surface area contributed by atoms with Gasteiger partial charge in [-0.25, -0.2) is 14.2 Å². The molecule has 162 valence electrons. The van der Waals surface area contributed by atoms with E-state index in [-0.39, 0.29) is 23.2 Å². The number of benzene rings is 1. The normalized spacial score (nSPS) is 14.0. The minimum absolute atomic E-state index is 0.186. The summed E-state index contributed by atoms with van der Waals surface area (Å²) in [6.07, 6.45) is 5.98. The van der Waals surface area contributed by atoms with Crippen molar-refractivity contribution in [2.24, 2.45) is 5.92 Å². The first-order chi connectivity index (χ1) is 14.5. The number of carbonyl (C=O) groups excluding carboxylic acids is 2. The SMILES string of the molecule is CCOC(=O)CSc1cnc(NC(=O)N(CC2CCCC2)c2cccc(C)c2F)s1. The molecule has 3 rings (SSSR count). The van der Waals surface area contributed by atoms with E-state index in [0.29, 0.717) is 29.8 Å². The molecular weight excluding hydrogens is 425 g/mol. The predicted octanol–water partition coefficient (Wildman–Crippen LogP) is 5.47. The molecule has 0 bridgehead atoms. The second-order valence-electron chi connectivity index (χ2n) is 7.18. The third-order valence-electron chi connectivity index (χ3n) is 4.96. The molecule has 1 aromatic carbocycles. The fourth-order valence-corrected chi connectivity index (χ4v) is 5.12. The maximum absolute atomic E-state index is 14.8. The van der Waals surface area contributed by atoms with Gasteiger partial charge in [-0.2, -0.15) is 0 Å². The number of thioether (sulfide) groups is 1. The molecule has 0 saturated heterocycles. The van der Waals surface area contributed by atoms with Crippen molar-refractivity contribution in [3.8, 4) is 0 Å². The molecule has 2 aromatic rings. The molecule has 1 fully saturated rings. The van der Waals surface area contributed by atoms with Gasteiger partial charge in [0.2, 0.25) is 0 Å². The fraction of sp³-hybridized carbons (Fsp3) is 0.476. The van der Waals surface area contributed by atoms with Gasteiger partial charge >= 0.3 is 12.0 Å². The molecule has 0 unspecified atom stereocenters. The van der Waals surface area contributed by atoms with Gasteiger partial charge in [0.05, 0.1) is 28.5 Å². The Morgan fingerprint density at radius 3 is 2.87 bits per heavy atom. The monoisotopic (exact) mass is 451 g/mol. The fourth-order valence-electron chi connectivity index (χ4n) is 3.46. The number of rotatable bonds is 8. The highest BCUT2D eigenvalue weighted by Crippen LogP contribution is 2.31. The highest BCUT2D eigenvalue weighted by atomic mass is 32.2. The first kappa shape index (κ1) is 22.6. The van der Waals surface area contributed by atoms with E-state index in [2.05, 4.69) is 10.3 Å². The number of urea groups is 1. The first-order valence-electron chi connectivity index (χ1n) is 10.1. The lowest BCUT2D eigenvalue weighted by atomic mass is 10.1. The van der Waals surface area contributed by atoms with Gasteiger partial charge < -0.3 is 4.74 Å². The zero-order chi connectivity index (χ0) is 21.5. The lowest BCUT2D eigenvalue weighted by molar-refractivity contribution is -0.139. The number of aryl methyl sites for hydroxylation is 1. The summed E-state index contributed by atoms with van der Waals surface area (Å²) in [5, 5.41) is 3.21. The summed E-state index contributed by atoms with van der Waals surface area (Å²) in [7, 11) is 0. The number of anilines is 2. The average molecular weight is 452 g/mol. The molecule has 6 nitrogen and oxygen atoms in total. The number of carbonyl (C=O) groups is 2. The molecule has 0 atom stereocenters. The van der Waals surface area contributed by atoms with Gasteiger partial charge in [-0.1, -0.05) is 36.3 Å². The molecule has 1 aliphatic rings. The summed E-state index contributed by atoms with van der Waals surface area (Å²) in [6, 6.07) is 4.69. The Hall–Kier alpha value is -2.13. The van der Waals surface area contributed by atoms with E-state index in [4.69, 9.17) is 4.74 Å². The van der Waals surface area contributed by atoms with E-state index in [1.54, 1.807) is 38.2 Å². The third kappa shape index (κ3) is 5.95. The zero-order valence-electron chi connectivity index (χ0n) is 17.2. The number of halogens is 1. The smallest absolute Gasteiger partial charge is 0.328 e. The van der Waals surface area contributed by atoms with Crippen molar-refractivity contribution in [2.45, 2.75) is 43.7 Å². The van der Waals surface area contributed by atoms with Crippen LogP contribution >= 0.6 is 23.1 Å². The van der Waals surface area contributed by atoms with Crippen molar-refractivity contribution in [1.29, 1.82) is 0 Å². The number of nitrogens with one attached hydrogen (secondary N) is 1. The topological polar surface area (TPSA) is 71.5 Å². The van der Waals surface area contributed by atoms with Gasteiger partial charge in [0.1, 0.15) is 5.82 Å². The Morgan fingerprint density at radius 1 is 1.37 bits per heavy atom. The summed E-state index contributed by atoms with van der Waals surface area (Å²) < 4.78 is 20.5. The molecule has 9 heteroatoms. The molecule has 1 aromatic heterocycles. The van der Waals surface area contributed by atoms with Crippen LogP contribution in [-0.4, -0.2) is 35.9 Å². The van der Waals surface area contributed by atoms with Crippen LogP contribution in [0.5, 0.6) is 0 Å². The zero-order valence-corrected chi connectivity index (χ0v) is 18.8. The molecule has 0 radical (unpaired) electrons. The summed E-state index contributed by atoms with van der Waals surface area (Å²) in [5.41, 5.74) is 0.788. The average Bonchev–Trinajstić information content (AvgIpc) is 3.39. The molecule has 1 aliphatic carbocycles. The van der Waals surface area contributed by atoms with Crippen molar-refractivity contribution in [1.82, 2.24) is 4.98 Å². The molecule has 1 saturated carbocycles. The molecule has 1 heterocycles. The van der Waals surface area contributed by atoms with Crippen LogP contribution in [0.15, 0.2) is 28.6 Å². The maximum Gasteiger partial charge on any atom is 0.328 e. The van der Waals surface area contributed by atoms with Crippen molar-refractivity contribution in [3.05, 3.63) is 35.8 Å². The number of amides is 2. The van der Waals surface area contributed by atoms with Gasteiger partial charge in [0.15, 0.2) is 5.13 Å². The molecule has 1 N–H and O–H groups in total. The standard InChI is InChI=1S/C21H26FN3O3S2/c1-3-28-17(26)13-29-18-11-23-20(30-18)24-21(27)25(12-15-8-4-5-9-15)16-10-6-7-14(2)19(16)22/h6-7,10-11,15H,3-5,8-9,12-13H2,1-2H3,(H,23,24,27). The lowest BCUT2D eigenvalue weighted by Gasteiger charge is -2.26. The van der Waals surface area contributed by atoms with E-state index in [1.165, 1.54) is 28.0 Å². The highest BCUT2D eigenvalue weighted by molar-refractivity contribution is 8.01. The Morgan fingerprint density at radius 2 is 2.13 bits per heavy atom. The minimum atomic E-state index is -0.400.